The molecule has 0 saturated carbocycles. The van der Waals surface area contributed by atoms with Crippen LogP contribution in [0.5, 0.6) is 0 Å². The zero-order valence-electron chi connectivity index (χ0n) is 19.2. The van der Waals surface area contributed by atoms with Gasteiger partial charge in [-0.25, -0.2) is 4.79 Å². The van der Waals surface area contributed by atoms with E-state index in [4.69, 9.17) is 14.2 Å². The zero-order valence-corrected chi connectivity index (χ0v) is 19.2. The highest BCUT2D eigenvalue weighted by Gasteiger charge is 2.64. The Morgan fingerprint density at radius 1 is 1.12 bits per heavy atom. The molecule has 6 heteroatoms. The molecule has 2 fully saturated rings. The lowest BCUT2D eigenvalue weighted by molar-refractivity contribution is -0.200. The van der Waals surface area contributed by atoms with Gasteiger partial charge in [0.05, 0.1) is 31.3 Å². The van der Waals surface area contributed by atoms with E-state index < -0.39 is 5.79 Å². The zero-order chi connectivity index (χ0) is 22.6. The molecule has 0 bridgehead atoms. The van der Waals surface area contributed by atoms with E-state index in [2.05, 4.69) is 58.7 Å². The van der Waals surface area contributed by atoms with Crippen molar-refractivity contribution in [2.24, 2.45) is 5.92 Å². The third kappa shape index (κ3) is 3.01. The molecule has 3 heterocycles. The predicted octanol–water partition coefficient (Wildman–Crippen LogP) is 3.83. The third-order valence-corrected chi connectivity index (χ3v) is 8.11. The Labute approximate surface area is 194 Å². The summed E-state index contributed by atoms with van der Waals surface area (Å²) in [4.78, 5) is 15.6. The first-order chi connectivity index (χ1) is 16.1. The predicted molar refractivity (Wildman–Crippen MR) is 124 cm³/mol. The summed E-state index contributed by atoms with van der Waals surface area (Å²) in [7, 11) is 1.46. The number of benzene rings is 2. The number of nitrogens with one attached hydrogen (secondary N) is 1. The van der Waals surface area contributed by atoms with E-state index in [0.717, 1.165) is 36.5 Å². The molecular formula is C27H30N2O4. The van der Waals surface area contributed by atoms with Gasteiger partial charge >= 0.3 is 5.97 Å². The van der Waals surface area contributed by atoms with Gasteiger partial charge in [0.2, 0.25) is 0 Å². The molecule has 3 atom stereocenters. The first kappa shape index (κ1) is 20.9. The van der Waals surface area contributed by atoms with Gasteiger partial charge in [0.25, 0.3) is 0 Å². The molecule has 6 rings (SSSR count). The minimum Gasteiger partial charge on any atom is -0.466 e. The molecule has 0 aromatic heterocycles. The summed E-state index contributed by atoms with van der Waals surface area (Å²) in [6.45, 7) is 4.98. The number of para-hydroxylation sites is 1. The highest BCUT2D eigenvalue weighted by molar-refractivity contribution is 5.93. The molecular weight excluding hydrogens is 416 g/mol. The highest BCUT2D eigenvalue weighted by atomic mass is 16.7. The monoisotopic (exact) mass is 446 g/mol. The fourth-order valence-electron chi connectivity index (χ4n) is 6.74. The minimum absolute atomic E-state index is 0.0166. The van der Waals surface area contributed by atoms with Crippen molar-refractivity contribution in [3.05, 3.63) is 77.0 Å². The molecule has 2 saturated heterocycles. The van der Waals surface area contributed by atoms with Gasteiger partial charge in [-0.05, 0) is 37.0 Å². The van der Waals surface area contributed by atoms with Crippen molar-refractivity contribution in [2.75, 3.05) is 32.2 Å². The van der Waals surface area contributed by atoms with Gasteiger partial charge < -0.3 is 19.5 Å². The van der Waals surface area contributed by atoms with E-state index in [1.165, 1.54) is 18.2 Å². The second kappa shape index (κ2) is 7.69. The van der Waals surface area contributed by atoms with Crippen LogP contribution in [0.25, 0.3) is 0 Å². The number of fused-ring (bicyclic) bond motifs is 1. The first-order valence-electron chi connectivity index (χ1n) is 11.8. The maximum Gasteiger partial charge on any atom is 0.335 e. The van der Waals surface area contributed by atoms with Crippen molar-refractivity contribution >= 4 is 11.7 Å². The van der Waals surface area contributed by atoms with Crippen LogP contribution < -0.4 is 5.32 Å². The number of nitrogens with zero attached hydrogens (tertiary/aromatic N) is 1. The lowest BCUT2D eigenvalue weighted by Gasteiger charge is -2.49. The number of methoxy groups -OCH3 is 1. The average molecular weight is 447 g/mol. The standard InChI is InChI=1S/C27H30N2O4/c1-26(32-14-15-33-26)21-16-19(25(30)31-2)23-27(20-10-6-7-11-22(20)28-23)12-13-29(24(21)27)17-18-8-4-3-5-9-18/h3-11,21,24,28H,12-17H2,1-2H3/t21-,24+,27+/m1/s1. The normalized spacial score (nSPS) is 29.9. The maximum atomic E-state index is 13.1. The second-order valence-electron chi connectivity index (χ2n) is 9.66. The number of ether oxygens (including phenoxy) is 3. The van der Waals surface area contributed by atoms with Crippen LogP contribution in [-0.2, 0) is 31.0 Å². The van der Waals surface area contributed by atoms with Crippen LogP contribution >= 0.6 is 0 Å². The molecule has 1 aliphatic carbocycles. The Morgan fingerprint density at radius 3 is 2.61 bits per heavy atom. The number of carbonyl (C=O) groups excluding carboxylic acids is 1. The van der Waals surface area contributed by atoms with Crippen molar-refractivity contribution < 1.29 is 19.0 Å². The van der Waals surface area contributed by atoms with E-state index >= 15 is 0 Å². The lowest BCUT2D eigenvalue weighted by atomic mass is 9.61. The van der Waals surface area contributed by atoms with E-state index in [0.29, 0.717) is 19.6 Å². The van der Waals surface area contributed by atoms with Crippen LogP contribution in [-0.4, -0.2) is 49.6 Å². The molecule has 2 aromatic rings. The van der Waals surface area contributed by atoms with Crippen molar-refractivity contribution in [2.45, 2.75) is 43.6 Å². The summed E-state index contributed by atoms with van der Waals surface area (Å²) < 4.78 is 17.8. The lowest BCUT2D eigenvalue weighted by Crippen LogP contribution is -2.58. The molecule has 0 amide bonds. The van der Waals surface area contributed by atoms with E-state index in [9.17, 15) is 4.79 Å². The van der Waals surface area contributed by atoms with Gasteiger partial charge in [-0.15, -0.1) is 0 Å². The second-order valence-corrected chi connectivity index (χ2v) is 9.66. The van der Waals surface area contributed by atoms with Gasteiger partial charge in [0.15, 0.2) is 5.79 Å². The summed E-state index contributed by atoms with van der Waals surface area (Å²) in [5, 5.41) is 3.64. The van der Waals surface area contributed by atoms with Crippen molar-refractivity contribution in [1.29, 1.82) is 0 Å². The van der Waals surface area contributed by atoms with Gasteiger partial charge in [0, 0.05) is 36.4 Å². The molecule has 1 N–H and O–H groups in total. The first-order valence-corrected chi connectivity index (χ1v) is 11.8. The topological polar surface area (TPSA) is 60.0 Å². The number of hydrogen-bond donors (Lipinski definition) is 1. The fourth-order valence-corrected chi connectivity index (χ4v) is 6.74. The quantitative estimate of drug-likeness (QED) is 0.721. The Hall–Kier alpha value is -2.67. The molecule has 2 aromatic carbocycles. The molecule has 6 nitrogen and oxygen atoms in total. The number of likely N-dealkylation sites (tertiary alicyclic amines) is 1. The molecule has 172 valence electrons. The summed E-state index contributed by atoms with van der Waals surface area (Å²) >= 11 is 0. The summed E-state index contributed by atoms with van der Waals surface area (Å²) in [5.74, 6) is -1.03. The van der Waals surface area contributed by atoms with Gasteiger partial charge in [-0.3, -0.25) is 4.90 Å². The van der Waals surface area contributed by atoms with Crippen LogP contribution in [0, 0.1) is 5.92 Å². The molecule has 33 heavy (non-hydrogen) atoms. The number of anilines is 1. The third-order valence-electron chi connectivity index (χ3n) is 8.11. The minimum atomic E-state index is -0.751. The van der Waals surface area contributed by atoms with Crippen molar-refractivity contribution in [3.63, 3.8) is 0 Å². The molecule has 4 aliphatic rings. The van der Waals surface area contributed by atoms with Gasteiger partial charge in [0.1, 0.15) is 0 Å². The Kier molecular flexibility index (Phi) is 4.87. The number of esters is 1. The summed E-state index contributed by atoms with van der Waals surface area (Å²) in [5.41, 5.74) is 5.03. The van der Waals surface area contributed by atoms with Crippen LogP contribution in [0.3, 0.4) is 0 Å². The average Bonchev–Trinajstić information content (AvgIpc) is 3.54. The van der Waals surface area contributed by atoms with E-state index in [1.807, 2.05) is 13.0 Å². The van der Waals surface area contributed by atoms with E-state index in [-0.39, 0.29) is 23.3 Å². The number of rotatable bonds is 4. The van der Waals surface area contributed by atoms with Gasteiger partial charge in [-0.2, -0.15) is 0 Å². The Bertz CT molecular complexity index is 1110. The van der Waals surface area contributed by atoms with Crippen LogP contribution in [0.1, 0.15) is 30.9 Å². The molecule has 0 radical (unpaired) electrons. The van der Waals surface area contributed by atoms with Crippen LogP contribution in [0.4, 0.5) is 5.69 Å². The summed E-state index contributed by atoms with van der Waals surface area (Å²) in [6.07, 6.45) is 1.48. The fraction of sp³-hybridized carbons (Fsp3) is 0.444. The SMILES string of the molecule is COC(=O)C1=C2Nc3ccccc3[C@@]23CCN(Cc2ccccc2)[C@H]3[C@H](C2(C)OCCO2)C1. The number of carbonyl (C=O) groups is 1. The largest absolute Gasteiger partial charge is 0.466 e. The van der Waals surface area contributed by atoms with Gasteiger partial charge in [-0.1, -0.05) is 48.5 Å². The van der Waals surface area contributed by atoms with Crippen LogP contribution in [0.2, 0.25) is 0 Å². The molecule has 0 unspecified atom stereocenters. The van der Waals surface area contributed by atoms with Crippen LogP contribution in [0.15, 0.2) is 65.9 Å². The number of hydrogen-bond acceptors (Lipinski definition) is 6. The van der Waals surface area contributed by atoms with Crippen molar-refractivity contribution in [1.82, 2.24) is 4.90 Å². The Morgan fingerprint density at radius 2 is 1.85 bits per heavy atom. The summed E-state index contributed by atoms with van der Waals surface area (Å²) in [6, 6.07) is 19.2. The molecule has 1 spiro atoms. The molecule has 3 aliphatic heterocycles. The van der Waals surface area contributed by atoms with Crippen molar-refractivity contribution in [3.8, 4) is 0 Å². The maximum absolute atomic E-state index is 13.1. The Balaban J connectivity index is 1.54. The highest BCUT2D eigenvalue weighted by Crippen LogP contribution is 2.61. The smallest absolute Gasteiger partial charge is 0.335 e. The van der Waals surface area contributed by atoms with E-state index in [1.54, 1.807) is 0 Å².